The standard InChI is InChI=1S/C21H14BrFN2O4S3/c22-15-2-1-3-18(12-15)31(26,27)21-25-19(13-6-10-17(11-7-13)32(24,28)29)20(30-21)14-4-8-16(23)9-5-14/h1-12H,(H2,24,28,29). The number of benzene rings is 3. The number of sulfone groups is 1. The highest BCUT2D eigenvalue weighted by atomic mass is 79.9. The SMILES string of the molecule is NS(=O)(=O)c1ccc(-c2nc(S(=O)(=O)c3cccc(Br)c3)sc2-c2ccc(F)cc2)cc1. The first-order chi connectivity index (χ1) is 15.1. The molecule has 0 amide bonds. The van der Waals surface area contributed by atoms with Gasteiger partial charge in [-0.3, -0.25) is 0 Å². The average Bonchev–Trinajstić information content (AvgIpc) is 3.20. The molecule has 0 aliphatic heterocycles. The van der Waals surface area contributed by atoms with Crippen molar-refractivity contribution in [2.24, 2.45) is 5.14 Å². The third kappa shape index (κ3) is 4.52. The van der Waals surface area contributed by atoms with Crippen molar-refractivity contribution >= 4 is 47.1 Å². The molecule has 0 atom stereocenters. The van der Waals surface area contributed by atoms with E-state index in [1.165, 1.54) is 60.7 Å². The molecule has 32 heavy (non-hydrogen) atoms. The summed E-state index contributed by atoms with van der Waals surface area (Å²) in [5.41, 5.74) is 1.39. The molecule has 4 rings (SSSR count). The molecule has 0 saturated carbocycles. The van der Waals surface area contributed by atoms with Crippen LogP contribution in [0.5, 0.6) is 0 Å². The summed E-state index contributed by atoms with van der Waals surface area (Å²) in [6, 6.07) is 17.5. The lowest BCUT2D eigenvalue weighted by atomic mass is 10.1. The Morgan fingerprint density at radius 2 is 1.47 bits per heavy atom. The molecule has 2 N–H and O–H groups in total. The molecule has 0 aliphatic carbocycles. The van der Waals surface area contributed by atoms with Crippen LogP contribution in [0.3, 0.4) is 0 Å². The number of rotatable bonds is 5. The minimum Gasteiger partial charge on any atom is -0.225 e. The van der Waals surface area contributed by atoms with Gasteiger partial charge in [0.2, 0.25) is 24.2 Å². The molecule has 0 aliphatic rings. The Morgan fingerprint density at radius 3 is 2.06 bits per heavy atom. The maximum absolute atomic E-state index is 13.5. The van der Waals surface area contributed by atoms with Crippen LogP contribution in [0.4, 0.5) is 4.39 Å². The van der Waals surface area contributed by atoms with Crippen LogP contribution in [0.2, 0.25) is 0 Å². The van der Waals surface area contributed by atoms with Gasteiger partial charge >= 0.3 is 0 Å². The Labute approximate surface area is 196 Å². The summed E-state index contributed by atoms with van der Waals surface area (Å²) in [5, 5.41) is 5.16. The number of thiazole rings is 1. The molecule has 1 aromatic heterocycles. The summed E-state index contributed by atoms with van der Waals surface area (Å²) in [6.45, 7) is 0. The lowest BCUT2D eigenvalue weighted by Crippen LogP contribution is -2.11. The normalized spacial score (nSPS) is 12.1. The van der Waals surface area contributed by atoms with E-state index in [0.717, 1.165) is 11.3 Å². The zero-order valence-electron chi connectivity index (χ0n) is 16.1. The second-order valence-corrected chi connectivity index (χ2v) is 12.3. The Morgan fingerprint density at radius 1 is 0.844 bits per heavy atom. The zero-order valence-corrected chi connectivity index (χ0v) is 20.1. The first-order valence-electron chi connectivity index (χ1n) is 8.96. The molecule has 0 unspecified atom stereocenters. The number of halogens is 2. The molecule has 0 bridgehead atoms. The number of sulfonamides is 1. The van der Waals surface area contributed by atoms with E-state index >= 15 is 0 Å². The largest absolute Gasteiger partial charge is 0.238 e. The number of nitrogens with two attached hydrogens (primary N) is 1. The smallest absolute Gasteiger partial charge is 0.225 e. The Hall–Kier alpha value is -2.44. The number of nitrogens with zero attached hydrogens (tertiary/aromatic N) is 1. The number of aromatic nitrogens is 1. The average molecular weight is 553 g/mol. The quantitative estimate of drug-likeness (QED) is 0.380. The van der Waals surface area contributed by atoms with E-state index in [1.807, 2.05) is 0 Å². The third-order valence-electron chi connectivity index (χ3n) is 4.51. The van der Waals surface area contributed by atoms with Crippen LogP contribution in [0.25, 0.3) is 21.7 Å². The van der Waals surface area contributed by atoms with Crippen LogP contribution >= 0.6 is 27.3 Å². The molecular formula is C21H14BrFN2O4S3. The molecule has 0 radical (unpaired) electrons. The van der Waals surface area contributed by atoms with Gasteiger partial charge < -0.3 is 0 Å². The first kappa shape index (κ1) is 22.7. The van der Waals surface area contributed by atoms with Gasteiger partial charge in [-0.15, -0.1) is 11.3 Å². The van der Waals surface area contributed by atoms with Crippen LogP contribution in [-0.4, -0.2) is 21.8 Å². The van der Waals surface area contributed by atoms with Crippen molar-refractivity contribution in [1.29, 1.82) is 0 Å². The molecule has 0 saturated heterocycles. The molecule has 1 heterocycles. The third-order valence-corrected chi connectivity index (χ3v) is 9.16. The highest BCUT2D eigenvalue weighted by Gasteiger charge is 2.26. The van der Waals surface area contributed by atoms with Gasteiger partial charge in [0.1, 0.15) is 5.82 Å². The predicted octanol–water partition coefficient (Wildman–Crippen LogP) is 4.86. The summed E-state index contributed by atoms with van der Waals surface area (Å²) >= 11 is 4.22. The van der Waals surface area contributed by atoms with Gasteiger partial charge in [0.25, 0.3) is 0 Å². The van der Waals surface area contributed by atoms with Gasteiger partial charge in [-0.2, -0.15) is 0 Å². The zero-order chi connectivity index (χ0) is 23.1. The van der Waals surface area contributed by atoms with Crippen molar-refractivity contribution in [3.05, 3.63) is 83.1 Å². The second-order valence-electron chi connectivity index (χ2n) is 6.69. The summed E-state index contributed by atoms with van der Waals surface area (Å²) in [5.74, 6) is -0.431. The van der Waals surface area contributed by atoms with E-state index < -0.39 is 25.7 Å². The Bertz CT molecular complexity index is 1520. The molecule has 4 aromatic rings. The van der Waals surface area contributed by atoms with Crippen LogP contribution < -0.4 is 5.14 Å². The molecule has 3 aromatic carbocycles. The maximum Gasteiger partial charge on any atom is 0.238 e. The fourth-order valence-electron chi connectivity index (χ4n) is 2.95. The number of hydrogen-bond donors (Lipinski definition) is 1. The lowest BCUT2D eigenvalue weighted by Gasteiger charge is -2.04. The topological polar surface area (TPSA) is 107 Å². The second kappa shape index (κ2) is 8.49. The van der Waals surface area contributed by atoms with Crippen molar-refractivity contribution in [2.45, 2.75) is 14.1 Å². The fourth-order valence-corrected chi connectivity index (χ4v) is 6.77. The van der Waals surface area contributed by atoms with Crippen molar-refractivity contribution in [3.63, 3.8) is 0 Å². The van der Waals surface area contributed by atoms with Crippen LogP contribution in [0.1, 0.15) is 0 Å². The molecule has 0 spiro atoms. The van der Waals surface area contributed by atoms with Gasteiger partial charge in [-0.1, -0.05) is 46.3 Å². The van der Waals surface area contributed by atoms with E-state index in [9.17, 15) is 21.2 Å². The maximum atomic E-state index is 13.5. The minimum absolute atomic E-state index is 0.0717. The van der Waals surface area contributed by atoms with Crippen molar-refractivity contribution < 1.29 is 21.2 Å². The monoisotopic (exact) mass is 552 g/mol. The highest BCUT2D eigenvalue weighted by Crippen LogP contribution is 2.40. The fraction of sp³-hybridized carbons (Fsp3) is 0. The highest BCUT2D eigenvalue weighted by molar-refractivity contribution is 9.10. The Kier molecular flexibility index (Phi) is 6.03. The van der Waals surface area contributed by atoms with E-state index in [-0.39, 0.29) is 14.1 Å². The van der Waals surface area contributed by atoms with Gasteiger partial charge in [-0.25, -0.2) is 31.3 Å². The number of hydrogen-bond acceptors (Lipinski definition) is 6. The summed E-state index contributed by atoms with van der Waals surface area (Å²) in [4.78, 5) is 4.88. The molecule has 0 fully saturated rings. The molecule has 11 heteroatoms. The summed E-state index contributed by atoms with van der Waals surface area (Å²) < 4.78 is 63.5. The number of primary sulfonamides is 1. The van der Waals surface area contributed by atoms with Gasteiger partial charge in [-0.05, 0) is 48.0 Å². The molecular weight excluding hydrogens is 539 g/mol. The van der Waals surface area contributed by atoms with Crippen LogP contribution in [-0.2, 0) is 19.9 Å². The first-order valence-corrected chi connectivity index (χ1v) is 13.6. The summed E-state index contributed by atoms with van der Waals surface area (Å²) in [6.07, 6.45) is 0. The van der Waals surface area contributed by atoms with Crippen LogP contribution in [0.15, 0.2) is 91.4 Å². The van der Waals surface area contributed by atoms with E-state index in [1.54, 1.807) is 12.1 Å². The lowest BCUT2D eigenvalue weighted by molar-refractivity contribution is 0.594. The van der Waals surface area contributed by atoms with E-state index in [0.29, 0.717) is 26.2 Å². The van der Waals surface area contributed by atoms with Gasteiger partial charge in [0.15, 0.2) is 0 Å². The van der Waals surface area contributed by atoms with Gasteiger partial charge in [0.05, 0.1) is 20.4 Å². The van der Waals surface area contributed by atoms with Crippen molar-refractivity contribution in [3.8, 4) is 21.7 Å². The van der Waals surface area contributed by atoms with E-state index in [2.05, 4.69) is 20.9 Å². The van der Waals surface area contributed by atoms with Crippen LogP contribution in [0, 0.1) is 5.82 Å². The molecule has 6 nitrogen and oxygen atoms in total. The van der Waals surface area contributed by atoms with Crippen molar-refractivity contribution in [1.82, 2.24) is 4.98 Å². The Balaban J connectivity index is 1.91. The predicted molar refractivity (Wildman–Crippen MR) is 124 cm³/mol. The molecule has 164 valence electrons. The van der Waals surface area contributed by atoms with Crippen molar-refractivity contribution in [2.75, 3.05) is 0 Å². The minimum atomic E-state index is -3.93. The summed E-state index contributed by atoms with van der Waals surface area (Å²) in [7, 11) is -7.82. The van der Waals surface area contributed by atoms with E-state index in [4.69, 9.17) is 5.14 Å². The van der Waals surface area contributed by atoms with Gasteiger partial charge in [0, 0.05) is 10.0 Å².